The van der Waals surface area contributed by atoms with Gasteiger partial charge in [0, 0.05) is 0 Å². The van der Waals surface area contributed by atoms with Gasteiger partial charge in [-0.05, 0) is 37.5 Å². The molecule has 11 heavy (non-hydrogen) atoms. The maximum Gasteiger partial charge on any atom is 0.0725 e. The first-order chi connectivity index (χ1) is 5.41. The normalized spacial score (nSPS) is 43.6. The molecule has 0 aromatic heterocycles. The van der Waals surface area contributed by atoms with Gasteiger partial charge in [-0.3, -0.25) is 0 Å². The van der Waals surface area contributed by atoms with Crippen molar-refractivity contribution in [1.82, 2.24) is 0 Å². The number of hydrogen-bond donors (Lipinski definition) is 0. The molecule has 1 unspecified atom stereocenters. The number of hydrogen-bond acceptors (Lipinski definition) is 1. The first-order valence-electron chi connectivity index (χ1n) is 4.47. The van der Waals surface area contributed by atoms with Gasteiger partial charge in [0.25, 0.3) is 0 Å². The summed E-state index contributed by atoms with van der Waals surface area (Å²) in [5, 5.41) is 0. The van der Waals surface area contributed by atoms with Crippen LogP contribution in [0, 0.1) is 0 Å². The minimum Gasteiger partial charge on any atom is -0.374 e. The van der Waals surface area contributed by atoms with E-state index < -0.39 is 0 Å². The largest absolute Gasteiger partial charge is 0.374 e. The van der Waals surface area contributed by atoms with E-state index in [-0.39, 0.29) is 0 Å². The standard InChI is InChI=1S/C8H16OP2/c1-4-10-5-2-8(1)7-11-6-3-9-8/h10-11H,1-7H2. The highest BCUT2D eigenvalue weighted by atomic mass is 31.1. The minimum atomic E-state index is 0.377. The highest BCUT2D eigenvalue weighted by molar-refractivity contribution is 7.38. The summed E-state index contributed by atoms with van der Waals surface area (Å²) in [5.74, 6) is 0. The third-order valence-electron chi connectivity index (χ3n) is 2.65. The smallest absolute Gasteiger partial charge is 0.0725 e. The zero-order chi connectivity index (χ0) is 7.57. The van der Waals surface area contributed by atoms with Crippen LogP contribution in [0.25, 0.3) is 0 Å². The SMILES string of the molecule is C1CPCC2(CCPCC2)O1. The Morgan fingerprint density at radius 2 is 1.82 bits per heavy atom. The Kier molecular flexibility index (Phi) is 2.82. The molecule has 0 amide bonds. The Labute approximate surface area is 72.2 Å². The van der Waals surface area contributed by atoms with E-state index in [0.717, 1.165) is 6.61 Å². The fourth-order valence-electron chi connectivity index (χ4n) is 1.91. The molecule has 0 bridgehead atoms. The third-order valence-corrected chi connectivity index (χ3v) is 5.31. The molecular weight excluding hydrogens is 174 g/mol. The topological polar surface area (TPSA) is 9.23 Å². The lowest BCUT2D eigenvalue weighted by Crippen LogP contribution is -2.41. The maximum atomic E-state index is 5.92. The predicted octanol–water partition coefficient (Wildman–Crippen LogP) is 1.91. The van der Waals surface area contributed by atoms with E-state index in [1.807, 2.05) is 0 Å². The molecule has 0 saturated carbocycles. The molecule has 1 spiro atoms. The summed E-state index contributed by atoms with van der Waals surface area (Å²) in [7, 11) is 2.40. The van der Waals surface area contributed by atoms with E-state index in [9.17, 15) is 0 Å². The van der Waals surface area contributed by atoms with Crippen LogP contribution in [0.5, 0.6) is 0 Å². The van der Waals surface area contributed by atoms with E-state index in [1.54, 1.807) is 0 Å². The van der Waals surface area contributed by atoms with Gasteiger partial charge in [-0.1, -0.05) is 0 Å². The average Bonchev–Trinajstić information content (AvgIpc) is 2.07. The van der Waals surface area contributed by atoms with Crippen LogP contribution in [0.4, 0.5) is 0 Å². The molecule has 0 aliphatic carbocycles. The van der Waals surface area contributed by atoms with Crippen molar-refractivity contribution in [3.63, 3.8) is 0 Å². The van der Waals surface area contributed by atoms with Crippen molar-refractivity contribution in [1.29, 1.82) is 0 Å². The van der Waals surface area contributed by atoms with Gasteiger partial charge in [0.2, 0.25) is 0 Å². The highest BCUT2D eigenvalue weighted by Gasteiger charge is 2.34. The molecule has 0 aromatic carbocycles. The van der Waals surface area contributed by atoms with Gasteiger partial charge in [-0.2, -0.15) is 0 Å². The average molecular weight is 190 g/mol. The molecule has 0 aromatic rings. The Hall–Kier alpha value is 0.820. The van der Waals surface area contributed by atoms with Crippen LogP contribution in [-0.4, -0.2) is 36.9 Å². The quantitative estimate of drug-likeness (QED) is 0.530. The number of ether oxygens (including phenoxy) is 1. The molecule has 2 saturated heterocycles. The Balaban J connectivity index is 1.94. The van der Waals surface area contributed by atoms with Crippen LogP contribution in [0.1, 0.15) is 12.8 Å². The molecule has 64 valence electrons. The second-order valence-corrected chi connectivity index (χ2v) is 6.31. The van der Waals surface area contributed by atoms with Gasteiger partial charge < -0.3 is 4.74 Å². The molecule has 1 atom stereocenters. The van der Waals surface area contributed by atoms with E-state index in [0.29, 0.717) is 5.60 Å². The molecule has 2 aliphatic rings. The van der Waals surface area contributed by atoms with Gasteiger partial charge in [-0.25, -0.2) is 0 Å². The zero-order valence-electron chi connectivity index (χ0n) is 6.86. The summed E-state index contributed by atoms with van der Waals surface area (Å²) < 4.78 is 5.92. The van der Waals surface area contributed by atoms with Crippen LogP contribution in [0.3, 0.4) is 0 Å². The molecule has 1 nitrogen and oxygen atoms in total. The number of rotatable bonds is 0. The fraction of sp³-hybridized carbons (Fsp3) is 1.00. The van der Waals surface area contributed by atoms with Crippen molar-refractivity contribution in [2.24, 2.45) is 0 Å². The molecule has 2 heterocycles. The Morgan fingerprint density at radius 1 is 1.00 bits per heavy atom. The fourth-order valence-corrected chi connectivity index (χ4v) is 4.76. The molecule has 2 fully saturated rings. The second-order valence-electron chi connectivity index (χ2n) is 3.46. The predicted molar refractivity (Wildman–Crippen MR) is 54.0 cm³/mol. The lowest BCUT2D eigenvalue weighted by Gasteiger charge is -2.40. The van der Waals surface area contributed by atoms with Crippen molar-refractivity contribution in [3.8, 4) is 0 Å². The third kappa shape index (κ3) is 1.94. The van der Waals surface area contributed by atoms with E-state index in [4.69, 9.17) is 4.74 Å². The van der Waals surface area contributed by atoms with Gasteiger partial charge in [0.05, 0.1) is 12.2 Å². The summed E-state index contributed by atoms with van der Waals surface area (Å²) in [5.41, 5.74) is 0.377. The first-order valence-corrected chi connectivity index (χ1v) is 7.30. The van der Waals surface area contributed by atoms with E-state index in [1.165, 1.54) is 54.7 Å². The van der Waals surface area contributed by atoms with Crippen LogP contribution < -0.4 is 0 Å². The lowest BCUT2D eigenvalue weighted by atomic mass is 9.99. The molecule has 2 rings (SSSR count). The highest BCUT2D eigenvalue weighted by Crippen LogP contribution is 2.39. The summed E-state index contributed by atoms with van der Waals surface area (Å²) >= 11 is 0. The Bertz CT molecular complexity index is 107. The Morgan fingerprint density at radius 3 is 2.45 bits per heavy atom. The van der Waals surface area contributed by atoms with E-state index >= 15 is 0 Å². The monoisotopic (exact) mass is 190 g/mol. The van der Waals surface area contributed by atoms with E-state index in [2.05, 4.69) is 0 Å². The molecular formula is C8H16OP2. The summed E-state index contributed by atoms with van der Waals surface area (Å²) in [6.07, 6.45) is 8.29. The molecule has 3 heteroatoms. The van der Waals surface area contributed by atoms with Gasteiger partial charge in [0.15, 0.2) is 0 Å². The summed E-state index contributed by atoms with van der Waals surface area (Å²) in [4.78, 5) is 0. The zero-order valence-corrected chi connectivity index (χ0v) is 8.86. The molecule has 0 N–H and O–H groups in total. The maximum absolute atomic E-state index is 5.92. The van der Waals surface area contributed by atoms with Gasteiger partial charge >= 0.3 is 0 Å². The minimum absolute atomic E-state index is 0.377. The molecule has 2 aliphatic heterocycles. The lowest BCUT2D eigenvalue weighted by molar-refractivity contribution is -0.0319. The van der Waals surface area contributed by atoms with Crippen molar-refractivity contribution < 1.29 is 4.74 Å². The van der Waals surface area contributed by atoms with Crippen LogP contribution in [0.2, 0.25) is 0 Å². The van der Waals surface area contributed by atoms with Gasteiger partial charge in [-0.15, -0.1) is 17.2 Å². The summed E-state index contributed by atoms with van der Waals surface area (Å²) in [6.45, 7) is 1.04. The van der Waals surface area contributed by atoms with Crippen molar-refractivity contribution in [2.45, 2.75) is 18.4 Å². The van der Waals surface area contributed by atoms with Crippen molar-refractivity contribution >= 4 is 17.2 Å². The van der Waals surface area contributed by atoms with Crippen LogP contribution >= 0.6 is 17.2 Å². The van der Waals surface area contributed by atoms with Crippen LogP contribution in [-0.2, 0) is 4.74 Å². The second kappa shape index (κ2) is 3.69. The first kappa shape index (κ1) is 8.42. The molecule has 0 radical (unpaired) electrons. The van der Waals surface area contributed by atoms with Crippen molar-refractivity contribution in [3.05, 3.63) is 0 Å². The summed E-state index contributed by atoms with van der Waals surface area (Å²) in [6, 6.07) is 0. The van der Waals surface area contributed by atoms with Crippen LogP contribution in [0.15, 0.2) is 0 Å². The van der Waals surface area contributed by atoms with Crippen molar-refractivity contribution in [2.75, 3.05) is 31.3 Å². The van der Waals surface area contributed by atoms with Gasteiger partial charge in [0.1, 0.15) is 0 Å².